The molecule has 162 valence electrons. The van der Waals surface area contributed by atoms with Crippen LogP contribution in [0.25, 0.3) is 0 Å². The largest absolute Gasteiger partial charge is 0.352 e. The van der Waals surface area contributed by atoms with Gasteiger partial charge in [-0.05, 0) is 43.0 Å². The predicted octanol–water partition coefficient (Wildman–Crippen LogP) is 3.39. The van der Waals surface area contributed by atoms with Crippen molar-refractivity contribution in [3.8, 4) is 0 Å². The Labute approximate surface area is 174 Å². The van der Waals surface area contributed by atoms with Gasteiger partial charge in [-0.1, -0.05) is 12.8 Å². The van der Waals surface area contributed by atoms with Gasteiger partial charge in [0.1, 0.15) is 5.78 Å². The van der Waals surface area contributed by atoms with Gasteiger partial charge in [-0.2, -0.15) is 0 Å². The zero-order chi connectivity index (χ0) is 21.5. The first kappa shape index (κ1) is 20.8. The van der Waals surface area contributed by atoms with Crippen LogP contribution in [0, 0.1) is 5.92 Å². The van der Waals surface area contributed by atoms with Crippen molar-refractivity contribution in [1.82, 2.24) is 10.2 Å². The van der Waals surface area contributed by atoms with Gasteiger partial charge in [0, 0.05) is 49.6 Å². The van der Waals surface area contributed by atoms with Gasteiger partial charge in [0.15, 0.2) is 0 Å². The van der Waals surface area contributed by atoms with Crippen LogP contribution in [0.15, 0.2) is 18.2 Å². The maximum Gasteiger partial charge on any atom is 0.324 e. The van der Waals surface area contributed by atoms with Gasteiger partial charge < -0.3 is 10.2 Å². The molecule has 0 unspecified atom stereocenters. The zero-order valence-corrected chi connectivity index (χ0v) is 17.1. The van der Waals surface area contributed by atoms with Crippen molar-refractivity contribution in [1.29, 1.82) is 0 Å². The van der Waals surface area contributed by atoms with Crippen LogP contribution in [0.4, 0.5) is 19.3 Å². The summed E-state index contributed by atoms with van der Waals surface area (Å²) >= 11 is 0. The van der Waals surface area contributed by atoms with Crippen LogP contribution in [0.5, 0.6) is 0 Å². The van der Waals surface area contributed by atoms with Crippen LogP contribution < -0.4 is 10.2 Å². The minimum atomic E-state index is -2.88. The van der Waals surface area contributed by atoms with Crippen molar-refractivity contribution < 1.29 is 23.2 Å². The fourth-order valence-corrected chi connectivity index (χ4v) is 4.29. The molecule has 1 atom stereocenters. The summed E-state index contributed by atoms with van der Waals surface area (Å²) in [6.45, 7) is 1.74. The predicted molar refractivity (Wildman–Crippen MR) is 108 cm³/mol. The Kier molecular flexibility index (Phi) is 5.51. The molecule has 4 rings (SSSR count). The summed E-state index contributed by atoms with van der Waals surface area (Å²) in [4.78, 5) is 40.6. The molecule has 6 nitrogen and oxygen atoms in total. The second-order valence-electron chi connectivity index (χ2n) is 8.78. The Morgan fingerprint density at radius 3 is 2.70 bits per heavy atom. The number of carbonyl (C=O) groups excluding carboxylic acids is 3. The van der Waals surface area contributed by atoms with E-state index in [1.54, 1.807) is 25.1 Å². The normalized spacial score (nSPS) is 23.2. The molecule has 2 aliphatic heterocycles. The number of rotatable bonds is 4. The van der Waals surface area contributed by atoms with E-state index in [1.807, 2.05) is 0 Å². The second-order valence-corrected chi connectivity index (χ2v) is 8.78. The number of benzene rings is 1. The minimum absolute atomic E-state index is 0.0141. The summed E-state index contributed by atoms with van der Waals surface area (Å²) in [7, 11) is 0. The molecule has 30 heavy (non-hydrogen) atoms. The average molecular weight is 419 g/mol. The lowest BCUT2D eigenvalue weighted by Gasteiger charge is -2.32. The van der Waals surface area contributed by atoms with Gasteiger partial charge in [-0.15, -0.1) is 0 Å². The summed E-state index contributed by atoms with van der Waals surface area (Å²) in [6, 6.07) is 3.98. The first-order chi connectivity index (χ1) is 14.2. The van der Waals surface area contributed by atoms with Crippen LogP contribution in [0.2, 0.25) is 0 Å². The number of ketones is 1. The van der Waals surface area contributed by atoms with E-state index in [0.717, 1.165) is 11.3 Å². The third-order valence-electron chi connectivity index (χ3n) is 6.13. The number of halogens is 2. The number of urea groups is 1. The first-order valence-corrected chi connectivity index (χ1v) is 10.6. The van der Waals surface area contributed by atoms with Gasteiger partial charge in [0.05, 0.1) is 6.54 Å². The van der Waals surface area contributed by atoms with Gasteiger partial charge in [-0.25, -0.2) is 13.6 Å². The van der Waals surface area contributed by atoms with E-state index in [0.29, 0.717) is 29.3 Å². The van der Waals surface area contributed by atoms with E-state index in [1.165, 1.54) is 17.7 Å². The van der Waals surface area contributed by atoms with E-state index in [4.69, 9.17) is 0 Å². The molecular formula is C22H27F2N3O3. The van der Waals surface area contributed by atoms with Crippen molar-refractivity contribution in [3.05, 3.63) is 29.3 Å². The molecule has 0 radical (unpaired) electrons. The molecule has 1 saturated heterocycles. The first-order valence-electron chi connectivity index (χ1n) is 10.6. The van der Waals surface area contributed by atoms with E-state index in [2.05, 4.69) is 5.32 Å². The number of hydrogen-bond acceptors (Lipinski definition) is 3. The lowest BCUT2D eigenvalue weighted by molar-refractivity contribution is -0.118. The molecule has 0 aromatic heterocycles. The van der Waals surface area contributed by atoms with Crippen LogP contribution in [0.1, 0.15) is 54.9 Å². The third-order valence-corrected chi connectivity index (χ3v) is 6.13. The molecule has 0 spiro atoms. The summed E-state index contributed by atoms with van der Waals surface area (Å²) in [5.41, 5.74) is 1.54. The third kappa shape index (κ3) is 4.47. The lowest BCUT2D eigenvalue weighted by Crippen LogP contribution is -2.47. The number of anilines is 1. The highest BCUT2D eigenvalue weighted by molar-refractivity contribution is 6.00. The van der Waals surface area contributed by atoms with Crippen LogP contribution >= 0.6 is 0 Å². The summed E-state index contributed by atoms with van der Waals surface area (Å²) in [5.74, 6) is -2.42. The highest BCUT2D eigenvalue weighted by atomic mass is 19.3. The van der Waals surface area contributed by atoms with Gasteiger partial charge in [-0.3, -0.25) is 14.5 Å². The van der Waals surface area contributed by atoms with E-state index >= 15 is 0 Å². The van der Waals surface area contributed by atoms with Crippen molar-refractivity contribution in [2.45, 2.75) is 57.4 Å². The number of amides is 3. The number of hydrogen-bond donors (Lipinski definition) is 1. The second kappa shape index (κ2) is 7.96. The molecule has 0 bridgehead atoms. The fraction of sp³-hybridized carbons (Fsp3) is 0.591. The quantitative estimate of drug-likeness (QED) is 0.813. The summed E-state index contributed by atoms with van der Waals surface area (Å²) in [6.07, 6.45) is 3.32. The maximum absolute atomic E-state index is 13.6. The molecular weight excluding hydrogens is 392 g/mol. The average Bonchev–Trinajstić information content (AvgIpc) is 3.44. The maximum atomic E-state index is 13.6. The number of carbonyl (C=O) groups is 3. The highest BCUT2D eigenvalue weighted by Crippen LogP contribution is 2.34. The Balaban J connectivity index is 1.56. The van der Waals surface area contributed by atoms with E-state index < -0.39 is 24.5 Å². The molecule has 1 aromatic carbocycles. The molecule has 1 aromatic rings. The minimum Gasteiger partial charge on any atom is -0.352 e. The van der Waals surface area contributed by atoms with Crippen molar-refractivity contribution in [3.63, 3.8) is 0 Å². The zero-order valence-electron chi connectivity index (χ0n) is 17.1. The lowest BCUT2D eigenvalue weighted by atomic mass is 10.0. The number of alkyl halides is 2. The Hall–Kier alpha value is -2.51. The number of likely N-dealkylation sites (tertiary alicyclic amines) is 1. The molecule has 8 heteroatoms. The topological polar surface area (TPSA) is 69.7 Å². The van der Waals surface area contributed by atoms with Crippen LogP contribution in [0.3, 0.4) is 0 Å². The standard InChI is InChI=1S/C22H27F2N3O3/c1-14-10-18(28)12-17-11-16(20(29)25-8-6-15-2-3-15)4-5-19(17)27(14)21(30)26-9-7-22(23,24)13-26/h4-5,11,14-15H,2-3,6-10,12-13H2,1H3,(H,25,29)/t14-/m0/s1. The van der Waals surface area contributed by atoms with Crippen LogP contribution in [-0.4, -0.2) is 54.2 Å². The molecule has 2 heterocycles. The van der Waals surface area contributed by atoms with Crippen molar-refractivity contribution in [2.24, 2.45) is 5.92 Å². The molecule has 1 aliphatic carbocycles. The van der Waals surface area contributed by atoms with Gasteiger partial charge in [0.25, 0.3) is 11.8 Å². The summed E-state index contributed by atoms with van der Waals surface area (Å²) in [5, 5.41) is 2.90. The highest BCUT2D eigenvalue weighted by Gasteiger charge is 2.43. The number of fused-ring (bicyclic) bond motifs is 1. The van der Waals surface area contributed by atoms with Gasteiger partial charge >= 0.3 is 6.03 Å². The van der Waals surface area contributed by atoms with Crippen LogP contribution in [-0.2, 0) is 11.2 Å². The van der Waals surface area contributed by atoms with Gasteiger partial charge in [0.2, 0.25) is 0 Å². The molecule has 1 N–H and O–H groups in total. The van der Waals surface area contributed by atoms with E-state index in [-0.39, 0.29) is 37.5 Å². The number of nitrogens with zero attached hydrogens (tertiary/aromatic N) is 2. The molecule has 3 aliphatic rings. The SMILES string of the molecule is C[C@H]1CC(=O)Cc2cc(C(=O)NCCC3CC3)ccc2N1C(=O)N1CCC(F)(F)C1. The van der Waals surface area contributed by atoms with E-state index in [9.17, 15) is 23.2 Å². The molecule has 1 saturated carbocycles. The van der Waals surface area contributed by atoms with Crippen molar-refractivity contribution in [2.75, 3.05) is 24.5 Å². The smallest absolute Gasteiger partial charge is 0.324 e. The monoisotopic (exact) mass is 419 g/mol. The molecule has 2 fully saturated rings. The van der Waals surface area contributed by atoms with Crippen molar-refractivity contribution >= 4 is 23.4 Å². The number of nitrogens with one attached hydrogen (secondary N) is 1. The Bertz CT molecular complexity index is 869. The summed E-state index contributed by atoms with van der Waals surface area (Å²) < 4.78 is 27.3. The number of Topliss-reactive ketones (excluding diaryl/α,β-unsaturated/α-hetero) is 1. The fourth-order valence-electron chi connectivity index (χ4n) is 4.29. The molecule has 3 amide bonds. The Morgan fingerprint density at radius 2 is 2.03 bits per heavy atom. The Morgan fingerprint density at radius 1 is 1.27 bits per heavy atom.